The Hall–Kier alpha value is -0.400. The second-order valence-corrected chi connectivity index (χ2v) is 6.49. The number of hydrogen-bond donors (Lipinski definition) is 1. The summed E-state index contributed by atoms with van der Waals surface area (Å²) in [6.07, 6.45) is 0.562. The molecule has 0 radical (unpaired) electrons. The molecule has 0 aliphatic heterocycles. The van der Waals surface area contributed by atoms with Crippen molar-refractivity contribution in [2.75, 3.05) is 19.7 Å². The van der Waals surface area contributed by atoms with Crippen molar-refractivity contribution in [1.29, 1.82) is 0 Å². The summed E-state index contributed by atoms with van der Waals surface area (Å²) in [6.45, 7) is 1.61. The van der Waals surface area contributed by atoms with Crippen molar-refractivity contribution in [3.05, 3.63) is 28.0 Å². The summed E-state index contributed by atoms with van der Waals surface area (Å²) in [5.74, 6) is -0.968. The summed E-state index contributed by atoms with van der Waals surface area (Å²) in [7, 11) is -3.95. The van der Waals surface area contributed by atoms with Gasteiger partial charge >= 0.3 is 0 Å². The van der Waals surface area contributed by atoms with Crippen LogP contribution in [-0.2, 0) is 10.0 Å². The Kier molecular flexibility index (Phi) is 6.01. The SMILES string of the molecule is CCCN(CCO)S(=O)(=O)c1ccc(Cl)c(F)c1Cl. The molecule has 0 aliphatic carbocycles. The average molecular weight is 330 g/mol. The molecule has 1 rings (SSSR count). The Labute approximate surface area is 121 Å². The lowest BCUT2D eigenvalue weighted by molar-refractivity contribution is 0.253. The van der Waals surface area contributed by atoms with Crippen LogP contribution >= 0.6 is 23.2 Å². The minimum absolute atomic E-state index is 0.0727. The average Bonchev–Trinajstić information content (AvgIpc) is 2.35. The lowest BCUT2D eigenvalue weighted by Gasteiger charge is -2.21. The first-order valence-electron chi connectivity index (χ1n) is 5.60. The highest BCUT2D eigenvalue weighted by molar-refractivity contribution is 7.89. The molecule has 8 heteroatoms. The van der Waals surface area contributed by atoms with E-state index in [-0.39, 0.29) is 29.6 Å². The number of sulfonamides is 1. The van der Waals surface area contributed by atoms with Crippen LogP contribution in [0.2, 0.25) is 10.0 Å². The fourth-order valence-corrected chi connectivity index (χ4v) is 3.80. The van der Waals surface area contributed by atoms with Crippen LogP contribution in [0.1, 0.15) is 13.3 Å². The fourth-order valence-electron chi connectivity index (χ4n) is 1.56. The number of rotatable bonds is 6. The predicted octanol–water partition coefficient (Wildman–Crippen LogP) is 2.53. The third-order valence-electron chi connectivity index (χ3n) is 2.44. The minimum Gasteiger partial charge on any atom is -0.395 e. The van der Waals surface area contributed by atoms with E-state index in [0.717, 1.165) is 16.4 Å². The highest BCUT2D eigenvalue weighted by atomic mass is 35.5. The summed E-state index contributed by atoms with van der Waals surface area (Å²) in [4.78, 5) is -0.349. The predicted molar refractivity (Wildman–Crippen MR) is 72.6 cm³/mol. The summed E-state index contributed by atoms with van der Waals surface area (Å²) in [6, 6.07) is 2.29. The van der Waals surface area contributed by atoms with Gasteiger partial charge in [-0.2, -0.15) is 4.31 Å². The molecule has 0 aliphatic rings. The van der Waals surface area contributed by atoms with E-state index < -0.39 is 20.9 Å². The molecule has 1 N–H and O–H groups in total. The molecule has 0 amide bonds. The number of aliphatic hydroxyl groups excluding tert-OH is 1. The number of benzene rings is 1. The van der Waals surface area contributed by atoms with Crippen molar-refractivity contribution in [3.8, 4) is 0 Å². The van der Waals surface area contributed by atoms with Crippen LogP contribution in [0.3, 0.4) is 0 Å². The van der Waals surface area contributed by atoms with Gasteiger partial charge in [-0.05, 0) is 18.6 Å². The van der Waals surface area contributed by atoms with Gasteiger partial charge in [-0.3, -0.25) is 0 Å². The molecule has 0 saturated carbocycles. The maximum atomic E-state index is 13.6. The van der Waals surface area contributed by atoms with Crippen molar-refractivity contribution in [2.45, 2.75) is 18.2 Å². The summed E-state index contributed by atoms with van der Waals surface area (Å²) >= 11 is 11.2. The molecule has 0 unspecified atom stereocenters. The summed E-state index contributed by atoms with van der Waals surface area (Å²) < 4.78 is 39.3. The molecule has 0 fully saturated rings. The van der Waals surface area contributed by atoms with Crippen LogP contribution in [0.5, 0.6) is 0 Å². The zero-order chi connectivity index (χ0) is 14.6. The molecule has 108 valence electrons. The molecule has 1 aromatic rings. The molecular formula is C11H14Cl2FNO3S. The Balaban J connectivity index is 3.29. The van der Waals surface area contributed by atoms with E-state index in [2.05, 4.69) is 0 Å². The van der Waals surface area contributed by atoms with Crippen LogP contribution in [0, 0.1) is 5.82 Å². The summed E-state index contributed by atoms with van der Waals surface area (Å²) in [5.41, 5.74) is 0. The van der Waals surface area contributed by atoms with Crippen LogP contribution in [0.15, 0.2) is 17.0 Å². The maximum absolute atomic E-state index is 13.6. The van der Waals surface area contributed by atoms with Crippen LogP contribution < -0.4 is 0 Å². The van der Waals surface area contributed by atoms with Crippen LogP contribution in [0.4, 0.5) is 4.39 Å². The van der Waals surface area contributed by atoms with E-state index in [9.17, 15) is 12.8 Å². The van der Waals surface area contributed by atoms with Crippen molar-refractivity contribution in [1.82, 2.24) is 4.31 Å². The molecule has 0 heterocycles. The van der Waals surface area contributed by atoms with Gasteiger partial charge in [-0.1, -0.05) is 30.1 Å². The van der Waals surface area contributed by atoms with Gasteiger partial charge in [0.2, 0.25) is 10.0 Å². The van der Waals surface area contributed by atoms with Gasteiger partial charge < -0.3 is 5.11 Å². The fraction of sp³-hybridized carbons (Fsp3) is 0.455. The Morgan fingerprint density at radius 2 is 1.95 bits per heavy atom. The van der Waals surface area contributed by atoms with E-state index in [4.69, 9.17) is 28.3 Å². The topological polar surface area (TPSA) is 57.6 Å². The molecule has 0 saturated heterocycles. The van der Waals surface area contributed by atoms with E-state index in [0.29, 0.717) is 6.42 Å². The molecule has 1 aromatic carbocycles. The largest absolute Gasteiger partial charge is 0.395 e. The lowest BCUT2D eigenvalue weighted by Crippen LogP contribution is -2.34. The number of nitrogens with zero attached hydrogens (tertiary/aromatic N) is 1. The van der Waals surface area contributed by atoms with Crippen molar-refractivity contribution >= 4 is 33.2 Å². The Morgan fingerprint density at radius 3 is 2.47 bits per heavy atom. The molecule has 0 bridgehead atoms. The zero-order valence-corrected chi connectivity index (χ0v) is 12.6. The lowest BCUT2D eigenvalue weighted by atomic mass is 10.3. The van der Waals surface area contributed by atoms with Crippen LogP contribution in [0.25, 0.3) is 0 Å². The summed E-state index contributed by atoms with van der Waals surface area (Å²) in [5, 5.41) is 8.13. The minimum atomic E-state index is -3.95. The third kappa shape index (κ3) is 3.58. The molecule has 0 atom stereocenters. The zero-order valence-electron chi connectivity index (χ0n) is 10.2. The smallest absolute Gasteiger partial charge is 0.244 e. The normalized spacial score (nSPS) is 12.1. The van der Waals surface area contributed by atoms with Gasteiger partial charge in [0, 0.05) is 13.1 Å². The van der Waals surface area contributed by atoms with Gasteiger partial charge in [0.15, 0.2) is 5.82 Å². The van der Waals surface area contributed by atoms with E-state index in [1.165, 1.54) is 0 Å². The molecule has 0 spiro atoms. The second-order valence-electron chi connectivity index (χ2n) is 3.80. The highest BCUT2D eigenvalue weighted by Gasteiger charge is 2.27. The van der Waals surface area contributed by atoms with E-state index in [1.807, 2.05) is 0 Å². The molecule has 4 nitrogen and oxygen atoms in total. The third-order valence-corrected chi connectivity index (χ3v) is 5.15. The molecule has 0 aromatic heterocycles. The molecule has 19 heavy (non-hydrogen) atoms. The first-order chi connectivity index (χ1) is 8.86. The first-order valence-corrected chi connectivity index (χ1v) is 7.80. The van der Waals surface area contributed by atoms with Crippen molar-refractivity contribution in [3.63, 3.8) is 0 Å². The highest BCUT2D eigenvalue weighted by Crippen LogP contribution is 2.31. The first kappa shape index (κ1) is 16.7. The van der Waals surface area contributed by atoms with Gasteiger partial charge in [-0.15, -0.1) is 0 Å². The maximum Gasteiger partial charge on any atom is 0.244 e. The van der Waals surface area contributed by atoms with E-state index in [1.54, 1.807) is 6.92 Å². The van der Waals surface area contributed by atoms with Gasteiger partial charge in [0.1, 0.15) is 4.90 Å². The van der Waals surface area contributed by atoms with Gasteiger partial charge in [0.05, 0.1) is 16.7 Å². The van der Waals surface area contributed by atoms with Gasteiger partial charge in [-0.25, -0.2) is 12.8 Å². The van der Waals surface area contributed by atoms with Gasteiger partial charge in [0.25, 0.3) is 0 Å². The van der Waals surface area contributed by atoms with Crippen molar-refractivity contribution < 1.29 is 17.9 Å². The quantitative estimate of drug-likeness (QED) is 0.816. The second kappa shape index (κ2) is 6.85. The standard InChI is InChI=1S/C11H14Cl2FNO3S/c1-2-5-15(6-7-16)19(17,18)9-4-3-8(12)11(14)10(9)13/h3-4,16H,2,5-7H2,1H3. The number of aliphatic hydroxyl groups is 1. The Morgan fingerprint density at radius 1 is 1.32 bits per heavy atom. The monoisotopic (exact) mass is 329 g/mol. The van der Waals surface area contributed by atoms with Crippen LogP contribution in [-0.4, -0.2) is 37.5 Å². The molecular weight excluding hydrogens is 316 g/mol. The Bertz CT molecular complexity index is 545. The number of halogens is 3. The van der Waals surface area contributed by atoms with E-state index >= 15 is 0 Å². The van der Waals surface area contributed by atoms with Crippen molar-refractivity contribution in [2.24, 2.45) is 0 Å². The number of hydrogen-bond acceptors (Lipinski definition) is 3.